The summed E-state index contributed by atoms with van der Waals surface area (Å²) in [5, 5.41) is 12.6. The lowest BCUT2D eigenvalue weighted by atomic mass is 10.1. The Hall–Kier alpha value is -1.55. The molecule has 2 atom stereocenters. The quantitative estimate of drug-likeness (QED) is 0.857. The summed E-state index contributed by atoms with van der Waals surface area (Å²) in [6.07, 6.45) is 3.61. The molecule has 0 saturated carbocycles. The summed E-state index contributed by atoms with van der Waals surface area (Å²) in [7, 11) is 0. The highest BCUT2D eigenvalue weighted by Crippen LogP contribution is 2.30. The fourth-order valence-corrected chi connectivity index (χ4v) is 3.25. The second-order valence-corrected chi connectivity index (χ2v) is 5.14. The van der Waals surface area contributed by atoms with E-state index in [-0.39, 0.29) is 0 Å². The Morgan fingerprint density at radius 3 is 2.94 bits per heavy atom. The third-order valence-electron chi connectivity index (χ3n) is 4.10. The largest absolute Gasteiger partial charge is 0.478 e. The van der Waals surface area contributed by atoms with Gasteiger partial charge in [-0.2, -0.15) is 0 Å². The van der Waals surface area contributed by atoms with E-state index in [4.69, 9.17) is 0 Å². The summed E-state index contributed by atoms with van der Waals surface area (Å²) in [6, 6.07) is 8.16. The molecule has 1 aromatic rings. The maximum atomic E-state index is 11.2. The summed E-state index contributed by atoms with van der Waals surface area (Å²) < 4.78 is 0. The average Bonchev–Trinajstić information content (AvgIpc) is 2.94. The molecule has 96 valence electrons. The molecule has 3 rings (SSSR count). The van der Waals surface area contributed by atoms with Gasteiger partial charge in [-0.05, 0) is 37.9 Å². The van der Waals surface area contributed by atoms with Gasteiger partial charge in [-0.1, -0.05) is 12.1 Å². The second-order valence-electron chi connectivity index (χ2n) is 5.14. The highest BCUT2D eigenvalue weighted by atomic mass is 16.4. The number of rotatable bonds is 3. The first-order chi connectivity index (χ1) is 8.75. The second kappa shape index (κ2) is 4.61. The third kappa shape index (κ3) is 1.97. The number of benzene rings is 1. The van der Waals surface area contributed by atoms with Crippen LogP contribution in [0, 0.1) is 0 Å². The maximum absolute atomic E-state index is 11.2. The van der Waals surface area contributed by atoms with Gasteiger partial charge >= 0.3 is 5.97 Å². The number of carbonyl (C=O) groups is 1. The highest BCUT2D eigenvalue weighted by Gasteiger charge is 2.37. The molecule has 0 spiro atoms. The summed E-state index contributed by atoms with van der Waals surface area (Å²) in [4.78, 5) is 13.7. The van der Waals surface area contributed by atoms with Crippen molar-refractivity contribution in [1.82, 2.24) is 4.90 Å². The summed E-state index contributed by atoms with van der Waals surface area (Å²) in [6.45, 7) is 2.33. The van der Waals surface area contributed by atoms with E-state index in [0.717, 1.165) is 18.7 Å². The number of nitrogens with one attached hydrogen (secondary N) is 1. The van der Waals surface area contributed by atoms with Crippen LogP contribution in [0.25, 0.3) is 0 Å². The molecule has 2 aliphatic heterocycles. The molecule has 1 aromatic carbocycles. The average molecular weight is 246 g/mol. The number of nitrogens with zero attached hydrogens (tertiary/aromatic N) is 1. The molecule has 4 nitrogen and oxygen atoms in total. The van der Waals surface area contributed by atoms with Crippen LogP contribution in [-0.4, -0.2) is 41.1 Å². The fourth-order valence-electron chi connectivity index (χ4n) is 3.25. The van der Waals surface area contributed by atoms with Gasteiger partial charge in [-0.25, -0.2) is 4.79 Å². The van der Waals surface area contributed by atoms with Crippen LogP contribution in [0.15, 0.2) is 24.3 Å². The number of para-hydroxylation sites is 1. The van der Waals surface area contributed by atoms with Crippen molar-refractivity contribution in [1.29, 1.82) is 0 Å². The van der Waals surface area contributed by atoms with E-state index in [1.807, 2.05) is 12.1 Å². The standard InChI is InChI=1S/C14H18N2O2/c17-14(18)10-4-1-2-5-11(10)15-12-7-9-16-8-3-6-13(12)16/h1-2,4-5,12-13,15H,3,6-9H2,(H,17,18). The van der Waals surface area contributed by atoms with Gasteiger partial charge in [0.1, 0.15) is 0 Å². The van der Waals surface area contributed by atoms with Gasteiger partial charge in [0.2, 0.25) is 0 Å². The van der Waals surface area contributed by atoms with Crippen LogP contribution in [0.2, 0.25) is 0 Å². The predicted molar refractivity (Wildman–Crippen MR) is 70.0 cm³/mol. The number of aromatic carboxylic acids is 1. The lowest BCUT2D eigenvalue weighted by Gasteiger charge is -2.23. The molecule has 0 aromatic heterocycles. The van der Waals surface area contributed by atoms with Crippen molar-refractivity contribution in [2.24, 2.45) is 0 Å². The minimum Gasteiger partial charge on any atom is -0.478 e. The minimum absolute atomic E-state index is 0.369. The van der Waals surface area contributed by atoms with Crippen molar-refractivity contribution in [3.05, 3.63) is 29.8 Å². The minimum atomic E-state index is -0.862. The predicted octanol–water partition coefficient (Wildman–Crippen LogP) is 2.03. The van der Waals surface area contributed by atoms with E-state index in [1.165, 1.54) is 19.4 Å². The van der Waals surface area contributed by atoms with Gasteiger partial charge in [0, 0.05) is 24.3 Å². The Morgan fingerprint density at radius 2 is 2.11 bits per heavy atom. The molecule has 2 aliphatic rings. The van der Waals surface area contributed by atoms with Crippen LogP contribution in [0.1, 0.15) is 29.6 Å². The van der Waals surface area contributed by atoms with Crippen molar-refractivity contribution in [3.63, 3.8) is 0 Å². The Balaban J connectivity index is 1.78. The van der Waals surface area contributed by atoms with Gasteiger partial charge in [0.25, 0.3) is 0 Å². The van der Waals surface area contributed by atoms with Crippen LogP contribution in [-0.2, 0) is 0 Å². The normalized spacial score (nSPS) is 27.1. The molecule has 2 unspecified atom stereocenters. The maximum Gasteiger partial charge on any atom is 0.337 e. The molecule has 2 N–H and O–H groups in total. The van der Waals surface area contributed by atoms with Gasteiger partial charge in [-0.3, -0.25) is 4.90 Å². The fraction of sp³-hybridized carbons (Fsp3) is 0.500. The van der Waals surface area contributed by atoms with Crippen LogP contribution in [0.3, 0.4) is 0 Å². The molecule has 0 aliphatic carbocycles. The molecular formula is C14H18N2O2. The first-order valence-electron chi connectivity index (χ1n) is 6.58. The number of hydrogen-bond acceptors (Lipinski definition) is 3. The van der Waals surface area contributed by atoms with Crippen molar-refractivity contribution in [2.45, 2.75) is 31.3 Å². The van der Waals surface area contributed by atoms with E-state index in [1.54, 1.807) is 12.1 Å². The molecule has 18 heavy (non-hydrogen) atoms. The zero-order valence-electron chi connectivity index (χ0n) is 10.3. The third-order valence-corrected chi connectivity index (χ3v) is 4.10. The zero-order chi connectivity index (χ0) is 12.5. The number of carboxylic acids is 1. The van der Waals surface area contributed by atoms with E-state index in [9.17, 15) is 9.90 Å². The first-order valence-corrected chi connectivity index (χ1v) is 6.58. The smallest absolute Gasteiger partial charge is 0.337 e. The SMILES string of the molecule is O=C(O)c1ccccc1NC1CCN2CCCC12. The summed E-state index contributed by atoms with van der Waals surface area (Å²) >= 11 is 0. The molecule has 0 amide bonds. The van der Waals surface area contributed by atoms with Crippen LogP contribution in [0.5, 0.6) is 0 Å². The van der Waals surface area contributed by atoms with Crippen molar-refractivity contribution in [3.8, 4) is 0 Å². The van der Waals surface area contributed by atoms with E-state index < -0.39 is 5.97 Å². The molecule has 4 heteroatoms. The van der Waals surface area contributed by atoms with E-state index in [0.29, 0.717) is 17.6 Å². The van der Waals surface area contributed by atoms with E-state index >= 15 is 0 Å². The lowest BCUT2D eigenvalue weighted by molar-refractivity contribution is 0.0698. The first kappa shape index (κ1) is 11.5. The number of carboxylic acid groups (broad SMARTS) is 1. The summed E-state index contributed by atoms with van der Waals surface area (Å²) in [5.41, 5.74) is 1.12. The Kier molecular flexibility index (Phi) is 2.96. The molecule has 2 fully saturated rings. The van der Waals surface area contributed by atoms with Crippen LogP contribution >= 0.6 is 0 Å². The highest BCUT2D eigenvalue weighted by molar-refractivity contribution is 5.94. The number of anilines is 1. The molecule has 2 saturated heterocycles. The van der Waals surface area contributed by atoms with Crippen molar-refractivity contribution in [2.75, 3.05) is 18.4 Å². The number of hydrogen-bond donors (Lipinski definition) is 2. The zero-order valence-corrected chi connectivity index (χ0v) is 10.3. The molecule has 0 bridgehead atoms. The lowest BCUT2D eigenvalue weighted by Crippen LogP contribution is -2.34. The van der Waals surface area contributed by atoms with Crippen molar-refractivity contribution >= 4 is 11.7 Å². The topological polar surface area (TPSA) is 52.6 Å². The molecule has 2 heterocycles. The monoisotopic (exact) mass is 246 g/mol. The van der Waals surface area contributed by atoms with Gasteiger partial charge in [0.15, 0.2) is 0 Å². The van der Waals surface area contributed by atoms with Crippen molar-refractivity contribution < 1.29 is 9.90 Å². The Morgan fingerprint density at radius 1 is 1.28 bits per heavy atom. The summed E-state index contributed by atoms with van der Waals surface area (Å²) in [5.74, 6) is -0.862. The Labute approximate surface area is 107 Å². The van der Waals surface area contributed by atoms with Gasteiger partial charge in [-0.15, -0.1) is 0 Å². The number of fused-ring (bicyclic) bond motifs is 1. The van der Waals surface area contributed by atoms with E-state index in [2.05, 4.69) is 10.2 Å². The van der Waals surface area contributed by atoms with Crippen LogP contribution in [0.4, 0.5) is 5.69 Å². The molecule has 0 radical (unpaired) electrons. The van der Waals surface area contributed by atoms with Gasteiger partial charge in [0.05, 0.1) is 5.56 Å². The van der Waals surface area contributed by atoms with Crippen LogP contribution < -0.4 is 5.32 Å². The Bertz CT molecular complexity index is 461. The molecular weight excluding hydrogens is 228 g/mol. The van der Waals surface area contributed by atoms with Gasteiger partial charge < -0.3 is 10.4 Å².